The average Bonchev–Trinajstić information content (AvgIpc) is 2.83. The van der Waals surface area contributed by atoms with Gasteiger partial charge < -0.3 is 10.1 Å². The quantitative estimate of drug-likeness (QED) is 0.853. The molecule has 106 valence electrons. The van der Waals surface area contributed by atoms with Crippen LogP contribution in [0, 0.1) is 0 Å². The van der Waals surface area contributed by atoms with Crippen LogP contribution in [-0.2, 0) is 6.42 Å². The molecule has 1 saturated heterocycles. The third-order valence-corrected chi connectivity index (χ3v) is 3.12. The van der Waals surface area contributed by atoms with Crippen molar-refractivity contribution in [1.82, 2.24) is 5.32 Å². The zero-order valence-electron chi connectivity index (χ0n) is 10.2. The summed E-state index contributed by atoms with van der Waals surface area (Å²) in [4.78, 5) is 0. The first-order valence-corrected chi connectivity index (χ1v) is 6.16. The van der Waals surface area contributed by atoms with E-state index in [1.807, 2.05) is 0 Å². The van der Waals surface area contributed by atoms with Crippen LogP contribution < -0.4 is 10.1 Å². The molecule has 2 unspecified atom stereocenters. The lowest BCUT2D eigenvalue weighted by Gasteiger charge is -2.16. The van der Waals surface area contributed by atoms with Gasteiger partial charge >= 0.3 is 6.36 Å². The summed E-state index contributed by atoms with van der Waals surface area (Å²) in [6, 6.07) is 5.19. The van der Waals surface area contributed by atoms with E-state index in [9.17, 15) is 17.6 Å². The Balaban J connectivity index is 1.91. The molecule has 2 rings (SSSR count). The molecule has 2 nitrogen and oxygen atoms in total. The molecule has 1 aromatic carbocycles. The Kier molecular flexibility index (Phi) is 4.29. The van der Waals surface area contributed by atoms with Gasteiger partial charge in [-0.3, -0.25) is 0 Å². The molecule has 0 spiro atoms. The van der Waals surface area contributed by atoms with Gasteiger partial charge in [0.1, 0.15) is 11.9 Å². The molecule has 0 amide bonds. The van der Waals surface area contributed by atoms with Crippen LogP contribution in [0.3, 0.4) is 0 Å². The van der Waals surface area contributed by atoms with Gasteiger partial charge in [-0.2, -0.15) is 0 Å². The monoisotopic (exact) mass is 277 g/mol. The van der Waals surface area contributed by atoms with E-state index in [-0.39, 0.29) is 18.2 Å². The number of alkyl halides is 4. The van der Waals surface area contributed by atoms with Crippen molar-refractivity contribution < 1.29 is 22.3 Å². The summed E-state index contributed by atoms with van der Waals surface area (Å²) in [5.41, 5.74) is 0.663. The van der Waals surface area contributed by atoms with E-state index in [0.717, 1.165) is 19.4 Å². The van der Waals surface area contributed by atoms with Gasteiger partial charge in [0.05, 0.1) is 0 Å². The van der Waals surface area contributed by atoms with Gasteiger partial charge in [0.2, 0.25) is 0 Å². The van der Waals surface area contributed by atoms with Crippen LogP contribution in [-0.4, -0.2) is 25.1 Å². The molecule has 2 atom stereocenters. The predicted octanol–water partition coefficient (Wildman–Crippen LogP) is 3.22. The molecule has 1 heterocycles. The minimum atomic E-state index is -4.70. The fraction of sp³-hybridized carbons (Fsp3) is 0.538. The van der Waals surface area contributed by atoms with Crippen LogP contribution in [0.15, 0.2) is 24.3 Å². The van der Waals surface area contributed by atoms with E-state index in [1.165, 1.54) is 24.3 Å². The average molecular weight is 277 g/mol. The molecular weight excluding hydrogens is 262 g/mol. The van der Waals surface area contributed by atoms with Crippen molar-refractivity contribution >= 4 is 0 Å². The number of benzene rings is 1. The Morgan fingerprint density at radius 3 is 2.47 bits per heavy atom. The van der Waals surface area contributed by atoms with E-state index in [1.54, 1.807) is 0 Å². The molecule has 0 aliphatic carbocycles. The van der Waals surface area contributed by atoms with Gasteiger partial charge in [0.25, 0.3) is 0 Å². The maximum Gasteiger partial charge on any atom is 0.573 e. The van der Waals surface area contributed by atoms with Crippen molar-refractivity contribution in [2.75, 3.05) is 6.54 Å². The van der Waals surface area contributed by atoms with E-state index >= 15 is 0 Å². The third kappa shape index (κ3) is 4.38. The smallest absolute Gasteiger partial charge is 0.406 e. The first-order chi connectivity index (χ1) is 8.94. The Bertz CT molecular complexity index is 398. The number of rotatable bonds is 4. The summed E-state index contributed by atoms with van der Waals surface area (Å²) in [5, 5.41) is 3.07. The summed E-state index contributed by atoms with van der Waals surface area (Å²) in [6.07, 6.45) is -3.75. The van der Waals surface area contributed by atoms with Crippen molar-refractivity contribution in [3.8, 4) is 5.75 Å². The first kappa shape index (κ1) is 14.1. The van der Waals surface area contributed by atoms with Gasteiger partial charge in [-0.1, -0.05) is 12.1 Å². The molecule has 0 aromatic heterocycles. The zero-order valence-corrected chi connectivity index (χ0v) is 10.2. The minimum Gasteiger partial charge on any atom is -0.406 e. The van der Waals surface area contributed by atoms with Crippen molar-refractivity contribution in [2.45, 2.75) is 37.8 Å². The molecule has 0 radical (unpaired) electrons. The predicted molar refractivity (Wildman–Crippen MR) is 62.7 cm³/mol. The van der Waals surface area contributed by atoms with Crippen LogP contribution >= 0.6 is 0 Å². The Morgan fingerprint density at radius 1 is 1.26 bits per heavy atom. The fourth-order valence-corrected chi connectivity index (χ4v) is 2.21. The van der Waals surface area contributed by atoms with Crippen LogP contribution in [0.2, 0.25) is 0 Å². The topological polar surface area (TPSA) is 21.3 Å². The standard InChI is InChI=1S/C13H15F4NO/c14-11(12-2-1-7-18-12)8-9-3-5-10(6-4-9)19-13(15,16)17/h3-6,11-12,18H,1-2,7-8H2. The summed E-state index contributed by atoms with van der Waals surface area (Å²) < 4.78 is 53.5. The summed E-state index contributed by atoms with van der Waals surface area (Å²) in [6.45, 7) is 0.823. The summed E-state index contributed by atoms with van der Waals surface area (Å²) >= 11 is 0. The number of halogens is 4. The maximum atomic E-state index is 13.9. The second-order valence-corrected chi connectivity index (χ2v) is 4.61. The fourth-order valence-electron chi connectivity index (χ4n) is 2.21. The number of hydrogen-bond acceptors (Lipinski definition) is 2. The SMILES string of the molecule is FC(Cc1ccc(OC(F)(F)F)cc1)C1CCCN1. The zero-order chi connectivity index (χ0) is 13.9. The molecule has 6 heteroatoms. The highest BCUT2D eigenvalue weighted by Crippen LogP contribution is 2.24. The first-order valence-electron chi connectivity index (χ1n) is 6.16. The highest BCUT2D eigenvalue weighted by atomic mass is 19.4. The van der Waals surface area contributed by atoms with Gasteiger partial charge in [-0.25, -0.2) is 4.39 Å². The van der Waals surface area contributed by atoms with Crippen molar-refractivity contribution in [3.63, 3.8) is 0 Å². The Hall–Kier alpha value is -1.30. The molecule has 1 aliphatic rings. The molecular formula is C13H15F4NO. The van der Waals surface area contributed by atoms with Crippen molar-refractivity contribution in [1.29, 1.82) is 0 Å². The highest BCUT2D eigenvalue weighted by molar-refractivity contribution is 5.28. The molecule has 19 heavy (non-hydrogen) atoms. The van der Waals surface area contributed by atoms with Crippen LogP contribution in [0.25, 0.3) is 0 Å². The van der Waals surface area contributed by atoms with Gasteiger partial charge in [0, 0.05) is 12.5 Å². The number of nitrogens with one attached hydrogen (secondary N) is 1. The third-order valence-electron chi connectivity index (χ3n) is 3.12. The lowest BCUT2D eigenvalue weighted by molar-refractivity contribution is -0.274. The lowest BCUT2D eigenvalue weighted by atomic mass is 10.0. The largest absolute Gasteiger partial charge is 0.573 e. The van der Waals surface area contributed by atoms with E-state index in [4.69, 9.17) is 0 Å². The molecule has 1 aromatic rings. The van der Waals surface area contributed by atoms with Crippen molar-refractivity contribution in [2.24, 2.45) is 0 Å². The second-order valence-electron chi connectivity index (χ2n) is 4.61. The molecule has 1 fully saturated rings. The normalized spacial score (nSPS) is 21.4. The van der Waals surface area contributed by atoms with E-state index in [2.05, 4.69) is 10.1 Å². The van der Waals surface area contributed by atoms with E-state index < -0.39 is 12.5 Å². The molecule has 1 N–H and O–H groups in total. The molecule has 1 aliphatic heterocycles. The number of hydrogen-bond donors (Lipinski definition) is 1. The highest BCUT2D eigenvalue weighted by Gasteiger charge is 2.31. The molecule has 0 saturated carbocycles. The van der Waals surface area contributed by atoms with Crippen LogP contribution in [0.4, 0.5) is 17.6 Å². The minimum absolute atomic E-state index is 0.147. The Morgan fingerprint density at radius 2 is 1.95 bits per heavy atom. The van der Waals surface area contributed by atoms with E-state index in [0.29, 0.717) is 5.56 Å². The summed E-state index contributed by atoms with van der Waals surface area (Å²) in [7, 11) is 0. The van der Waals surface area contributed by atoms with Gasteiger partial charge in [-0.05, 0) is 37.1 Å². The van der Waals surface area contributed by atoms with Crippen LogP contribution in [0.1, 0.15) is 18.4 Å². The van der Waals surface area contributed by atoms with Gasteiger partial charge in [-0.15, -0.1) is 13.2 Å². The second kappa shape index (κ2) is 5.77. The van der Waals surface area contributed by atoms with Crippen LogP contribution in [0.5, 0.6) is 5.75 Å². The molecule has 0 bridgehead atoms. The Labute approximate surface area is 108 Å². The lowest BCUT2D eigenvalue weighted by Crippen LogP contribution is -2.33. The van der Waals surface area contributed by atoms with Gasteiger partial charge in [0.15, 0.2) is 0 Å². The number of ether oxygens (including phenoxy) is 1. The maximum absolute atomic E-state index is 13.9. The summed E-state index contributed by atoms with van der Waals surface area (Å²) in [5.74, 6) is -0.286. The van der Waals surface area contributed by atoms with Crippen molar-refractivity contribution in [3.05, 3.63) is 29.8 Å².